The van der Waals surface area contributed by atoms with Crippen molar-refractivity contribution in [3.8, 4) is 0 Å². The highest BCUT2D eigenvalue weighted by atomic mass is 79.9. The van der Waals surface area contributed by atoms with Crippen LogP contribution >= 0.6 is 15.9 Å². The monoisotopic (exact) mass is 333 g/mol. The van der Waals surface area contributed by atoms with Gasteiger partial charge in [0.25, 0.3) is 0 Å². The van der Waals surface area contributed by atoms with Crippen LogP contribution in [0.5, 0.6) is 0 Å². The van der Waals surface area contributed by atoms with Crippen LogP contribution in [0.1, 0.15) is 43.7 Å². The zero-order valence-electron chi connectivity index (χ0n) is 12.1. The van der Waals surface area contributed by atoms with Crippen molar-refractivity contribution in [1.29, 1.82) is 0 Å². The van der Waals surface area contributed by atoms with E-state index in [0.717, 1.165) is 10.0 Å². The highest BCUT2D eigenvalue weighted by Crippen LogP contribution is 2.24. The van der Waals surface area contributed by atoms with Gasteiger partial charge in [0.2, 0.25) is 0 Å². The van der Waals surface area contributed by atoms with Gasteiger partial charge in [-0.05, 0) is 44.6 Å². The number of nitrogens with zero attached hydrogens (tertiary/aromatic N) is 1. The van der Waals surface area contributed by atoms with Crippen LogP contribution in [0.2, 0.25) is 0 Å². The Morgan fingerprint density at radius 1 is 1.10 bits per heavy atom. The lowest BCUT2D eigenvalue weighted by atomic mass is 9.86. The molecule has 1 N–H and O–H groups in total. The summed E-state index contributed by atoms with van der Waals surface area (Å²) in [4.78, 5) is 4.23. The molecule has 106 valence electrons. The summed E-state index contributed by atoms with van der Waals surface area (Å²) in [7, 11) is 0. The van der Waals surface area contributed by atoms with Crippen molar-refractivity contribution in [1.82, 2.24) is 4.98 Å². The minimum Gasteiger partial charge on any atom is -0.386 e. The minimum atomic E-state index is -0.566. The van der Waals surface area contributed by atoms with E-state index in [4.69, 9.17) is 0 Å². The maximum absolute atomic E-state index is 10.2. The zero-order chi connectivity index (χ0) is 14.8. The van der Waals surface area contributed by atoms with Crippen LogP contribution in [-0.2, 0) is 11.8 Å². The predicted molar refractivity (Wildman–Crippen MR) is 85.7 cm³/mol. The second-order valence-electron chi connectivity index (χ2n) is 6.07. The van der Waals surface area contributed by atoms with Crippen molar-refractivity contribution < 1.29 is 5.11 Å². The molecule has 0 amide bonds. The van der Waals surface area contributed by atoms with E-state index in [0.29, 0.717) is 12.1 Å². The van der Waals surface area contributed by atoms with Gasteiger partial charge in [0, 0.05) is 17.1 Å². The average Bonchev–Trinajstić information content (AvgIpc) is 2.39. The number of benzene rings is 1. The molecular weight excluding hydrogens is 314 g/mol. The molecule has 0 aliphatic carbocycles. The molecule has 3 heteroatoms. The molecule has 0 saturated heterocycles. The largest absolute Gasteiger partial charge is 0.386 e. The van der Waals surface area contributed by atoms with Crippen molar-refractivity contribution in [2.45, 2.75) is 38.7 Å². The number of hydrogen-bond donors (Lipinski definition) is 1. The van der Waals surface area contributed by atoms with Crippen molar-refractivity contribution in [2.75, 3.05) is 0 Å². The standard InChI is InChI=1S/C17H20BrNO/c1-17(2,3)13-6-4-12(5-7-13)10-16(20)15-9-8-14(18)11-19-15/h4-9,11,16,20H,10H2,1-3H3. The van der Waals surface area contributed by atoms with E-state index in [-0.39, 0.29) is 5.41 Å². The van der Waals surface area contributed by atoms with Gasteiger partial charge in [-0.25, -0.2) is 0 Å². The number of pyridine rings is 1. The quantitative estimate of drug-likeness (QED) is 0.901. The lowest BCUT2D eigenvalue weighted by Gasteiger charge is -2.19. The Morgan fingerprint density at radius 2 is 1.75 bits per heavy atom. The van der Waals surface area contributed by atoms with Crippen molar-refractivity contribution in [3.63, 3.8) is 0 Å². The summed E-state index contributed by atoms with van der Waals surface area (Å²) in [6, 6.07) is 12.2. The Kier molecular flexibility index (Phi) is 4.61. The maximum atomic E-state index is 10.2. The van der Waals surface area contributed by atoms with E-state index < -0.39 is 6.10 Å². The van der Waals surface area contributed by atoms with Crippen LogP contribution in [-0.4, -0.2) is 10.1 Å². The van der Waals surface area contributed by atoms with Gasteiger partial charge < -0.3 is 5.11 Å². The predicted octanol–water partition coefficient (Wildman–Crippen LogP) is 4.42. The summed E-state index contributed by atoms with van der Waals surface area (Å²) < 4.78 is 0.919. The van der Waals surface area contributed by atoms with E-state index in [1.807, 2.05) is 12.1 Å². The second kappa shape index (κ2) is 6.06. The first-order valence-corrected chi connectivity index (χ1v) is 7.54. The third kappa shape index (κ3) is 3.90. The molecule has 0 radical (unpaired) electrons. The molecule has 1 heterocycles. The SMILES string of the molecule is CC(C)(C)c1ccc(CC(O)c2ccc(Br)cn2)cc1. The Labute approximate surface area is 129 Å². The Bertz CT molecular complexity index is 555. The van der Waals surface area contributed by atoms with Gasteiger partial charge in [0.1, 0.15) is 0 Å². The Hall–Kier alpha value is -1.19. The molecule has 1 unspecified atom stereocenters. The molecule has 1 aromatic heterocycles. The van der Waals surface area contributed by atoms with Gasteiger partial charge in [-0.15, -0.1) is 0 Å². The normalized spacial score (nSPS) is 13.2. The summed E-state index contributed by atoms with van der Waals surface area (Å²) >= 11 is 3.34. The Balaban J connectivity index is 2.08. The Morgan fingerprint density at radius 3 is 2.25 bits per heavy atom. The first kappa shape index (κ1) is 15.2. The van der Waals surface area contributed by atoms with Crippen LogP contribution in [0.15, 0.2) is 47.1 Å². The maximum Gasteiger partial charge on any atom is 0.0999 e. The van der Waals surface area contributed by atoms with Gasteiger partial charge in [0.15, 0.2) is 0 Å². The van der Waals surface area contributed by atoms with Crippen LogP contribution in [0.3, 0.4) is 0 Å². The average molecular weight is 334 g/mol. The summed E-state index contributed by atoms with van der Waals surface area (Å²) in [5, 5.41) is 10.2. The van der Waals surface area contributed by atoms with Gasteiger partial charge in [-0.1, -0.05) is 45.0 Å². The summed E-state index contributed by atoms with van der Waals surface area (Å²) in [6.45, 7) is 6.59. The number of hydrogen-bond acceptors (Lipinski definition) is 2. The summed E-state index contributed by atoms with van der Waals surface area (Å²) in [6.07, 6.45) is 1.73. The molecule has 0 bridgehead atoms. The molecule has 1 aromatic carbocycles. The molecule has 0 spiro atoms. The van der Waals surface area contributed by atoms with E-state index in [9.17, 15) is 5.11 Å². The molecule has 2 nitrogen and oxygen atoms in total. The van der Waals surface area contributed by atoms with Gasteiger partial charge in [-0.3, -0.25) is 4.98 Å². The van der Waals surface area contributed by atoms with Crippen molar-refractivity contribution >= 4 is 15.9 Å². The number of aliphatic hydroxyl groups excluding tert-OH is 1. The fraction of sp³-hybridized carbons (Fsp3) is 0.353. The zero-order valence-corrected chi connectivity index (χ0v) is 13.7. The summed E-state index contributed by atoms with van der Waals surface area (Å²) in [5.41, 5.74) is 3.28. The van der Waals surface area contributed by atoms with Gasteiger partial charge in [0.05, 0.1) is 11.8 Å². The molecule has 0 fully saturated rings. The number of aromatic nitrogens is 1. The van der Waals surface area contributed by atoms with Crippen molar-refractivity contribution in [2.24, 2.45) is 0 Å². The third-order valence-electron chi connectivity index (χ3n) is 3.34. The molecule has 1 atom stereocenters. The first-order valence-electron chi connectivity index (χ1n) is 6.75. The minimum absolute atomic E-state index is 0.157. The fourth-order valence-electron chi connectivity index (χ4n) is 2.05. The molecule has 0 aliphatic heterocycles. The van der Waals surface area contributed by atoms with E-state index in [2.05, 4.69) is 66.0 Å². The molecule has 2 aromatic rings. The van der Waals surface area contributed by atoms with Crippen LogP contribution in [0.25, 0.3) is 0 Å². The van der Waals surface area contributed by atoms with Crippen LogP contribution in [0, 0.1) is 0 Å². The van der Waals surface area contributed by atoms with E-state index in [1.54, 1.807) is 6.20 Å². The van der Waals surface area contributed by atoms with Gasteiger partial charge in [-0.2, -0.15) is 0 Å². The fourth-order valence-corrected chi connectivity index (χ4v) is 2.29. The lowest BCUT2D eigenvalue weighted by Crippen LogP contribution is -2.11. The number of halogens is 1. The highest BCUT2D eigenvalue weighted by molar-refractivity contribution is 9.10. The topological polar surface area (TPSA) is 33.1 Å². The first-order chi connectivity index (χ1) is 9.36. The molecule has 0 saturated carbocycles. The number of aliphatic hydroxyl groups is 1. The molecule has 0 aliphatic rings. The number of rotatable bonds is 3. The molecular formula is C17H20BrNO. The third-order valence-corrected chi connectivity index (χ3v) is 3.81. The molecule has 2 rings (SSSR count). The van der Waals surface area contributed by atoms with Crippen LogP contribution in [0.4, 0.5) is 0 Å². The highest BCUT2D eigenvalue weighted by Gasteiger charge is 2.14. The lowest BCUT2D eigenvalue weighted by molar-refractivity contribution is 0.173. The smallest absolute Gasteiger partial charge is 0.0999 e. The van der Waals surface area contributed by atoms with Crippen molar-refractivity contribution in [3.05, 3.63) is 63.9 Å². The second-order valence-corrected chi connectivity index (χ2v) is 6.98. The van der Waals surface area contributed by atoms with Crippen LogP contribution < -0.4 is 0 Å². The molecule has 20 heavy (non-hydrogen) atoms. The van der Waals surface area contributed by atoms with E-state index in [1.165, 1.54) is 5.56 Å². The van der Waals surface area contributed by atoms with Gasteiger partial charge >= 0.3 is 0 Å². The van der Waals surface area contributed by atoms with E-state index >= 15 is 0 Å². The summed E-state index contributed by atoms with van der Waals surface area (Å²) in [5.74, 6) is 0.